The van der Waals surface area contributed by atoms with Crippen LogP contribution in [0.5, 0.6) is 0 Å². The van der Waals surface area contributed by atoms with E-state index in [-0.39, 0.29) is 11.5 Å². The van der Waals surface area contributed by atoms with Gasteiger partial charge in [0, 0.05) is 83.0 Å². The predicted molar refractivity (Wildman–Crippen MR) is 131 cm³/mol. The van der Waals surface area contributed by atoms with E-state index in [0.29, 0.717) is 45.1 Å². The summed E-state index contributed by atoms with van der Waals surface area (Å²) >= 11 is 5.98. The summed E-state index contributed by atoms with van der Waals surface area (Å²) in [5.41, 5.74) is 1.94. The first-order valence-electron chi connectivity index (χ1n) is 11.8. The Balaban J connectivity index is 1.29. The number of rotatable bonds is 7. The van der Waals surface area contributed by atoms with Gasteiger partial charge in [-0.3, -0.25) is 24.4 Å². The van der Waals surface area contributed by atoms with Gasteiger partial charge in [0.1, 0.15) is 0 Å². The van der Waals surface area contributed by atoms with Crippen molar-refractivity contribution in [2.45, 2.75) is 32.9 Å². The molecule has 1 aromatic heterocycles. The van der Waals surface area contributed by atoms with E-state index in [1.807, 2.05) is 24.0 Å². The fourth-order valence-corrected chi connectivity index (χ4v) is 4.57. The van der Waals surface area contributed by atoms with Gasteiger partial charge in [-0.25, -0.2) is 4.98 Å². The zero-order valence-electron chi connectivity index (χ0n) is 19.3. The minimum atomic E-state index is -0.124. The highest BCUT2D eigenvalue weighted by molar-refractivity contribution is 6.30. The average Bonchev–Trinajstić information content (AvgIpc) is 2.82. The SMILES string of the molecule is CCCC(=O)N1CCN(c2nc(CN3CCN(Cc4ccc(Cl)cc4)CC3)cc(=O)[nH]2)CC1. The Hall–Kier alpha value is -2.42. The smallest absolute Gasteiger partial charge is 0.252 e. The van der Waals surface area contributed by atoms with Crippen LogP contribution in [-0.4, -0.2) is 82.9 Å². The van der Waals surface area contributed by atoms with Crippen molar-refractivity contribution >= 4 is 23.5 Å². The summed E-state index contributed by atoms with van der Waals surface area (Å²) in [4.78, 5) is 40.8. The van der Waals surface area contributed by atoms with Gasteiger partial charge >= 0.3 is 0 Å². The molecule has 0 saturated carbocycles. The van der Waals surface area contributed by atoms with Gasteiger partial charge in [0.15, 0.2) is 0 Å². The molecule has 4 rings (SSSR count). The highest BCUT2D eigenvalue weighted by Gasteiger charge is 2.23. The normalized spacial score (nSPS) is 18.0. The number of benzene rings is 1. The quantitative estimate of drug-likeness (QED) is 0.665. The lowest BCUT2D eigenvalue weighted by Crippen LogP contribution is -2.49. The molecule has 2 aliphatic heterocycles. The Bertz CT molecular complexity index is 979. The molecule has 0 aliphatic carbocycles. The molecule has 8 nitrogen and oxygen atoms in total. The van der Waals surface area contributed by atoms with Crippen LogP contribution in [0.15, 0.2) is 35.1 Å². The molecule has 1 N–H and O–H groups in total. The van der Waals surface area contributed by atoms with Crippen LogP contribution in [0.25, 0.3) is 0 Å². The number of H-pyrrole nitrogens is 1. The molecule has 0 bridgehead atoms. The van der Waals surface area contributed by atoms with E-state index in [4.69, 9.17) is 16.6 Å². The molecule has 3 heterocycles. The van der Waals surface area contributed by atoms with Crippen LogP contribution < -0.4 is 10.5 Å². The van der Waals surface area contributed by atoms with Crippen molar-refractivity contribution in [3.8, 4) is 0 Å². The fraction of sp³-hybridized carbons (Fsp3) is 0.542. The second-order valence-corrected chi connectivity index (χ2v) is 9.29. The van der Waals surface area contributed by atoms with Crippen molar-refractivity contribution in [2.24, 2.45) is 0 Å². The van der Waals surface area contributed by atoms with E-state index in [9.17, 15) is 9.59 Å². The number of carbonyl (C=O) groups is 1. The Morgan fingerprint density at radius 3 is 2.24 bits per heavy atom. The Morgan fingerprint density at radius 1 is 0.970 bits per heavy atom. The van der Waals surface area contributed by atoms with Crippen LogP contribution >= 0.6 is 11.6 Å². The number of nitrogens with zero attached hydrogens (tertiary/aromatic N) is 5. The standard InChI is InChI=1S/C24H33ClN6O2/c1-2-3-23(33)30-12-14-31(15-13-30)24-26-21(16-22(32)27-24)18-29-10-8-28(9-11-29)17-19-4-6-20(25)7-5-19/h4-7,16H,2-3,8-15,17-18H2,1H3,(H,26,27,32). The van der Waals surface area contributed by atoms with Gasteiger partial charge < -0.3 is 9.80 Å². The summed E-state index contributed by atoms with van der Waals surface area (Å²) in [6, 6.07) is 9.63. The molecule has 0 unspecified atom stereocenters. The van der Waals surface area contributed by atoms with Crippen molar-refractivity contribution in [2.75, 3.05) is 57.3 Å². The number of aromatic nitrogens is 2. The maximum absolute atomic E-state index is 12.3. The summed E-state index contributed by atoms with van der Waals surface area (Å²) in [5, 5.41) is 0.764. The minimum absolute atomic E-state index is 0.124. The van der Waals surface area contributed by atoms with Crippen molar-refractivity contribution < 1.29 is 4.79 Å². The molecule has 2 aromatic rings. The molecule has 0 spiro atoms. The van der Waals surface area contributed by atoms with Crippen LogP contribution in [0, 0.1) is 0 Å². The molecule has 1 amide bonds. The van der Waals surface area contributed by atoms with Crippen LogP contribution in [0.4, 0.5) is 5.95 Å². The topological polar surface area (TPSA) is 75.8 Å². The second-order valence-electron chi connectivity index (χ2n) is 8.86. The molecule has 2 fully saturated rings. The third kappa shape index (κ3) is 6.56. The molecule has 0 atom stereocenters. The van der Waals surface area contributed by atoms with Crippen LogP contribution in [0.2, 0.25) is 5.02 Å². The molecular weight excluding hydrogens is 440 g/mol. The zero-order valence-corrected chi connectivity index (χ0v) is 20.1. The van der Waals surface area contributed by atoms with Gasteiger partial charge in [-0.05, 0) is 24.1 Å². The molecule has 1 aromatic carbocycles. The number of piperazine rings is 2. The Morgan fingerprint density at radius 2 is 1.61 bits per heavy atom. The van der Waals surface area contributed by atoms with Crippen LogP contribution in [-0.2, 0) is 17.9 Å². The number of nitrogens with one attached hydrogen (secondary N) is 1. The second kappa shape index (κ2) is 11.1. The van der Waals surface area contributed by atoms with Crippen molar-refractivity contribution in [3.05, 3.63) is 57.0 Å². The van der Waals surface area contributed by atoms with Gasteiger partial charge in [-0.2, -0.15) is 0 Å². The summed E-state index contributed by atoms with van der Waals surface area (Å²) in [6.07, 6.45) is 1.46. The van der Waals surface area contributed by atoms with Gasteiger partial charge in [0.2, 0.25) is 11.9 Å². The van der Waals surface area contributed by atoms with Crippen molar-refractivity contribution in [1.82, 2.24) is 24.7 Å². The first-order chi connectivity index (χ1) is 16.0. The largest absolute Gasteiger partial charge is 0.339 e. The summed E-state index contributed by atoms with van der Waals surface area (Å²) < 4.78 is 0. The first-order valence-corrected chi connectivity index (χ1v) is 12.2. The van der Waals surface area contributed by atoms with E-state index in [1.54, 1.807) is 6.07 Å². The molecular formula is C24H33ClN6O2. The molecule has 2 saturated heterocycles. The highest BCUT2D eigenvalue weighted by Crippen LogP contribution is 2.15. The number of anilines is 1. The number of aromatic amines is 1. The summed E-state index contributed by atoms with van der Waals surface area (Å²) in [5.74, 6) is 0.823. The maximum atomic E-state index is 12.3. The van der Waals surface area contributed by atoms with E-state index < -0.39 is 0 Å². The molecule has 2 aliphatic rings. The minimum Gasteiger partial charge on any atom is -0.339 e. The first kappa shape index (κ1) is 23.7. The van der Waals surface area contributed by atoms with E-state index in [2.05, 4.69) is 31.8 Å². The van der Waals surface area contributed by atoms with Gasteiger partial charge in [0.25, 0.3) is 5.56 Å². The number of halogens is 1. The lowest BCUT2D eigenvalue weighted by Gasteiger charge is -2.36. The third-order valence-electron chi connectivity index (χ3n) is 6.35. The molecule has 0 radical (unpaired) electrons. The third-order valence-corrected chi connectivity index (χ3v) is 6.60. The van der Waals surface area contributed by atoms with E-state index >= 15 is 0 Å². The van der Waals surface area contributed by atoms with Crippen LogP contribution in [0.3, 0.4) is 0 Å². The van der Waals surface area contributed by atoms with Crippen LogP contribution in [0.1, 0.15) is 31.0 Å². The lowest BCUT2D eigenvalue weighted by atomic mass is 10.2. The highest BCUT2D eigenvalue weighted by atomic mass is 35.5. The molecule has 178 valence electrons. The van der Waals surface area contributed by atoms with E-state index in [1.165, 1.54) is 5.56 Å². The monoisotopic (exact) mass is 472 g/mol. The number of hydrogen-bond donors (Lipinski definition) is 1. The van der Waals surface area contributed by atoms with Gasteiger partial charge in [-0.15, -0.1) is 0 Å². The van der Waals surface area contributed by atoms with E-state index in [0.717, 1.165) is 49.9 Å². The summed E-state index contributed by atoms with van der Waals surface area (Å²) in [7, 11) is 0. The molecule has 9 heteroatoms. The Kier molecular flexibility index (Phi) is 8.01. The lowest BCUT2D eigenvalue weighted by molar-refractivity contribution is -0.131. The Labute approximate surface area is 200 Å². The van der Waals surface area contributed by atoms with Crippen molar-refractivity contribution in [3.63, 3.8) is 0 Å². The maximum Gasteiger partial charge on any atom is 0.252 e. The number of amides is 1. The number of hydrogen-bond acceptors (Lipinski definition) is 6. The predicted octanol–water partition coefficient (Wildman–Crippen LogP) is 2.19. The summed E-state index contributed by atoms with van der Waals surface area (Å²) in [6.45, 7) is 10.2. The van der Waals surface area contributed by atoms with Gasteiger partial charge in [0.05, 0.1) is 5.69 Å². The zero-order chi connectivity index (χ0) is 23.2. The molecule has 33 heavy (non-hydrogen) atoms. The van der Waals surface area contributed by atoms with Crippen molar-refractivity contribution in [1.29, 1.82) is 0 Å². The average molecular weight is 473 g/mol. The van der Waals surface area contributed by atoms with Gasteiger partial charge in [-0.1, -0.05) is 30.7 Å². The number of carbonyl (C=O) groups excluding carboxylic acids is 1. The fourth-order valence-electron chi connectivity index (χ4n) is 4.45.